The maximum Gasteiger partial charge on any atom is 0.189 e. The molecule has 34 heavy (non-hydrogen) atoms. The Morgan fingerprint density at radius 2 is 1.88 bits per heavy atom. The molecule has 5 rings (SSSR count). The Labute approximate surface area is 199 Å². The van der Waals surface area contributed by atoms with Gasteiger partial charge in [-0.3, -0.25) is 0 Å². The van der Waals surface area contributed by atoms with Crippen molar-refractivity contribution in [3.8, 4) is 5.75 Å². The molecule has 2 aliphatic heterocycles. The van der Waals surface area contributed by atoms with E-state index in [4.69, 9.17) is 25.6 Å². The van der Waals surface area contributed by atoms with Gasteiger partial charge in [-0.25, -0.2) is 17.2 Å². The van der Waals surface area contributed by atoms with E-state index in [1.807, 2.05) is 0 Å². The van der Waals surface area contributed by atoms with Crippen molar-refractivity contribution in [3.05, 3.63) is 76.1 Å². The molecule has 0 radical (unpaired) electrons. The third kappa shape index (κ3) is 3.51. The summed E-state index contributed by atoms with van der Waals surface area (Å²) < 4.78 is 73.2. The van der Waals surface area contributed by atoms with Crippen LogP contribution in [0.4, 0.5) is 8.78 Å². The highest BCUT2D eigenvalue weighted by atomic mass is 35.5. The summed E-state index contributed by atoms with van der Waals surface area (Å²) in [4.78, 5) is -0.0666. The summed E-state index contributed by atoms with van der Waals surface area (Å²) in [7, 11) is -4.29. The van der Waals surface area contributed by atoms with Gasteiger partial charge in [-0.15, -0.1) is 0 Å². The van der Waals surface area contributed by atoms with Gasteiger partial charge in [0.1, 0.15) is 17.2 Å². The number of halogens is 3. The molecule has 0 bridgehead atoms. The maximum absolute atomic E-state index is 15.4. The smallest absolute Gasteiger partial charge is 0.189 e. The molecular weight excluding hydrogens is 492 g/mol. The number of rotatable bonds is 5. The first-order valence-electron chi connectivity index (χ1n) is 10.6. The lowest BCUT2D eigenvalue weighted by Crippen LogP contribution is -2.58. The minimum Gasteiger partial charge on any atom is -0.490 e. The van der Waals surface area contributed by atoms with Gasteiger partial charge in [-0.05, 0) is 42.8 Å². The van der Waals surface area contributed by atoms with Gasteiger partial charge in [0.25, 0.3) is 0 Å². The fourth-order valence-electron chi connectivity index (χ4n) is 4.98. The first-order chi connectivity index (χ1) is 16.3. The molecule has 11 heteroatoms. The van der Waals surface area contributed by atoms with Crippen LogP contribution in [0.5, 0.6) is 5.75 Å². The molecule has 2 aromatic carbocycles. The van der Waals surface area contributed by atoms with Gasteiger partial charge in [0.05, 0.1) is 28.9 Å². The number of benzene rings is 2. The second-order valence-corrected chi connectivity index (χ2v) is 10.9. The Hall–Kier alpha value is -2.53. The van der Waals surface area contributed by atoms with Crippen LogP contribution in [0.25, 0.3) is 0 Å². The number of ether oxygens (including phenoxy) is 2. The third-order valence-corrected chi connectivity index (χ3v) is 9.33. The van der Waals surface area contributed by atoms with E-state index in [0.29, 0.717) is 10.7 Å². The number of aliphatic hydroxyl groups is 1. The summed E-state index contributed by atoms with van der Waals surface area (Å²) in [5, 5.41) is 13.5. The molecule has 1 fully saturated rings. The lowest BCUT2D eigenvalue weighted by Gasteiger charge is -2.50. The molecule has 2 aliphatic rings. The number of aromatic nitrogens is 1. The van der Waals surface area contributed by atoms with Crippen LogP contribution in [-0.4, -0.2) is 38.0 Å². The summed E-state index contributed by atoms with van der Waals surface area (Å²) in [5.74, 6) is -2.77. The largest absolute Gasteiger partial charge is 0.490 e. The molecule has 1 saturated heterocycles. The average Bonchev–Trinajstić information content (AvgIpc) is 3.29. The molecular formula is C23H20ClF2NO6S. The summed E-state index contributed by atoms with van der Waals surface area (Å²) in [5.41, 5.74) is 0.0995. The Morgan fingerprint density at radius 3 is 2.59 bits per heavy atom. The normalized spacial score (nSPS) is 24.2. The van der Waals surface area contributed by atoms with Crippen molar-refractivity contribution in [2.75, 3.05) is 13.2 Å². The molecule has 1 aromatic heterocycles. The summed E-state index contributed by atoms with van der Waals surface area (Å²) in [6.45, 7) is -0.582. The Balaban J connectivity index is 1.69. The van der Waals surface area contributed by atoms with E-state index in [9.17, 15) is 17.9 Å². The van der Waals surface area contributed by atoms with Gasteiger partial charge in [-0.2, -0.15) is 0 Å². The number of hydrogen-bond acceptors (Lipinski definition) is 7. The molecule has 3 aromatic rings. The van der Waals surface area contributed by atoms with Crippen LogP contribution in [0.3, 0.4) is 0 Å². The third-order valence-electron chi connectivity index (χ3n) is 6.52. The summed E-state index contributed by atoms with van der Waals surface area (Å²) in [6.07, 6.45) is -0.735. The molecule has 0 aliphatic carbocycles. The fourth-order valence-corrected chi connectivity index (χ4v) is 7.45. The van der Waals surface area contributed by atoms with Crippen molar-refractivity contribution in [3.63, 3.8) is 0 Å². The van der Waals surface area contributed by atoms with Crippen LogP contribution in [0.2, 0.25) is 5.02 Å². The fraction of sp³-hybridized carbons (Fsp3) is 0.348. The Kier molecular flexibility index (Phi) is 5.87. The minimum absolute atomic E-state index is 0.0198. The summed E-state index contributed by atoms with van der Waals surface area (Å²) >= 11 is 5.96. The number of fused-ring (bicyclic) bond motifs is 3. The van der Waals surface area contributed by atoms with Crippen LogP contribution in [0, 0.1) is 17.6 Å². The second kappa shape index (κ2) is 8.60. The van der Waals surface area contributed by atoms with Gasteiger partial charge >= 0.3 is 0 Å². The topological polar surface area (TPSA) is 98.9 Å². The van der Waals surface area contributed by atoms with Crippen LogP contribution in [-0.2, 0) is 32.3 Å². The van der Waals surface area contributed by atoms with Crippen molar-refractivity contribution >= 4 is 21.4 Å². The molecule has 0 unspecified atom stereocenters. The quantitative estimate of drug-likeness (QED) is 0.556. The second-order valence-electron chi connectivity index (χ2n) is 8.30. The molecule has 0 amide bonds. The monoisotopic (exact) mass is 511 g/mol. The van der Waals surface area contributed by atoms with Gasteiger partial charge in [0.15, 0.2) is 27.2 Å². The highest BCUT2D eigenvalue weighted by Crippen LogP contribution is 2.55. The maximum atomic E-state index is 15.4. The van der Waals surface area contributed by atoms with E-state index < -0.39 is 44.0 Å². The van der Waals surface area contributed by atoms with Crippen molar-refractivity contribution in [1.29, 1.82) is 0 Å². The van der Waals surface area contributed by atoms with E-state index in [2.05, 4.69) is 5.16 Å². The average molecular weight is 512 g/mol. The zero-order valence-electron chi connectivity index (χ0n) is 17.7. The van der Waals surface area contributed by atoms with Crippen molar-refractivity contribution in [2.45, 2.75) is 35.2 Å². The lowest BCUT2D eigenvalue weighted by molar-refractivity contribution is -0.0723. The Morgan fingerprint density at radius 1 is 1.15 bits per heavy atom. The van der Waals surface area contributed by atoms with Crippen LogP contribution in [0.1, 0.15) is 23.4 Å². The molecule has 7 nitrogen and oxygen atoms in total. The molecule has 3 heterocycles. The molecule has 0 spiro atoms. The van der Waals surface area contributed by atoms with E-state index in [1.165, 1.54) is 30.3 Å². The molecule has 3 atom stereocenters. The van der Waals surface area contributed by atoms with Crippen LogP contribution in [0.15, 0.2) is 51.9 Å². The van der Waals surface area contributed by atoms with Crippen molar-refractivity contribution in [2.24, 2.45) is 5.92 Å². The highest BCUT2D eigenvalue weighted by molar-refractivity contribution is 7.92. The predicted molar refractivity (Wildman–Crippen MR) is 116 cm³/mol. The van der Waals surface area contributed by atoms with Crippen molar-refractivity contribution in [1.82, 2.24) is 5.16 Å². The Bertz CT molecular complexity index is 1330. The molecule has 1 N–H and O–H groups in total. The zero-order chi connectivity index (χ0) is 24.1. The molecule has 180 valence electrons. The van der Waals surface area contributed by atoms with E-state index >= 15 is 4.39 Å². The lowest BCUT2D eigenvalue weighted by atomic mass is 9.75. The number of aliphatic hydroxyl groups excluding tert-OH is 1. The first-order valence-corrected chi connectivity index (χ1v) is 12.4. The first kappa shape index (κ1) is 23.2. The van der Waals surface area contributed by atoms with Gasteiger partial charge in [0, 0.05) is 30.0 Å². The standard InChI is InChI=1S/C23H20ClF2NO6S/c24-13-1-3-16(4-2-13)34(29,30)23-7-8-31-20(10-14-9-15(11-28)33-27-14)17(23)12-32-22-19(26)6-5-18(25)21(22)23/h1-6,9,17,20,28H,7-8,10-12H2/t17-,20-,23-/m0/s1. The van der Waals surface area contributed by atoms with Gasteiger partial charge in [0.2, 0.25) is 0 Å². The van der Waals surface area contributed by atoms with Gasteiger partial charge < -0.3 is 19.1 Å². The number of hydrogen-bond donors (Lipinski definition) is 1. The predicted octanol–water partition coefficient (Wildman–Crippen LogP) is 3.81. The minimum atomic E-state index is -4.29. The number of sulfone groups is 1. The van der Waals surface area contributed by atoms with E-state index in [-0.39, 0.29) is 48.9 Å². The van der Waals surface area contributed by atoms with E-state index in [0.717, 1.165) is 12.1 Å². The zero-order valence-corrected chi connectivity index (χ0v) is 19.3. The van der Waals surface area contributed by atoms with Crippen LogP contribution >= 0.6 is 11.6 Å². The summed E-state index contributed by atoms with van der Waals surface area (Å²) in [6, 6.07) is 8.94. The van der Waals surface area contributed by atoms with E-state index in [1.54, 1.807) is 0 Å². The van der Waals surface area contributed by atoms with Crippen LogP contribution < -0.4 is 4.74 Å². The molecule has 0 saturated carbocycles. The highest BCUT2D eigenvalue weighted by Gasteiger charge is 2.61. The number of nitrogens with zero attached hydrogens (tertiary/aromatic N) is 1. The van der Waals surface area contributed by atoms with Gasteiger partial charge in [-0.1, -0.05) is 16.8 Å². The SMILES string of the molecule is O=S(=O)(c1ccc(Cl)cc1)[C@@]12CCO[C@@H](Cc3cc(CO)on3)[C@@H]1COc1c(F)ccc(F)c12. The van der Waals surface area contributed by atoms with Crippen molar-refractivity contribution < 1.29 is 36.3 Å².